The Morgan fingerprint density at radius 2 is 2.05 bits per heavy atom. The molecule has 0 spiro atoms. The molecule has 19 heavy (non-hydrogen) atoms. The monoisotopic (exact) mass is 268 g/mol. The highest BCUT2D eigenvalue weighted by molar-refractivity contribution is 4.94. The number of hydrogen-bond donors (Lipinski definition) is 2. The second kappa shape index (κ2) is 7.01. The first-order chi connectivity index (χ1) is 8.82. The molecule has 2 N–H and O–H groups in total. The fraction of sp³-hybridized carbons (Fsp3) is 0.857. The first kappa shape index (κ1) is 16.1. The summed E-state index contributed by atoms with van der Waals surface area (Å²) in [5.74, 6) is 1.48. The molecule has 5 nitrogen and oxygen atoms in total. The molecule has 1 unspecified atom stereocenters. The van der Waals surface area contributed by atoms with Crippen LogP contribution in [0.4, 0.5) is 0 Å². The van der Waals surface area contributed by atoms with E-state index in [0.717, 1.165) is 18.9 Å². The lowest BCUT2D eigenvalue weighted by molar-refractivity contribution is 0.0480. The van der Waals surface area contributed by atoms with Gasteiger partial charge in [0.2, 0.25) is 0 Å². The van der Waals surface area contributed by atoms with Crippen molar-refractivity contribution in [1.82, 2.24) is 20.1 Å². The Balaban J connectivity index is 2.47. The van der Waals surface area contributed by atoms with Gasteiger partial charge in [-0.2, -0.15) is 5.10 Å². The molecule has 0 bridgehead atoms. The Morgan fingerprint density at radius 3 is 2.63 bits per heavy atom. The second-order valence-corrected chi connectivity index (χ2v) is 6.24. The minimum atomic E-state index is -0.746. The Kier molecular flexibility index (Phi) is 5.94. The highest BCUT2D eigenvalue weighted by Crippen LogP contribution is 2.17. The first-order valence-corrected chi connectivity index (χ1v) is 7.13. The zero-order chi connectivity index (χ0) is 14.5. The van der Waals surface area contributed by atoms with E-state index in [0.29, 0.717) is 18.8 Å². The minimum Gasteiger partial charge on any atom is -0.390 e. The lowest BCUT2D eigenvalue weighted by atomic mass is 9.97. The van der Waals surface area contributed by atoms with E-state index in [9.17, 15) is 5.11 Å². The molecule has 1 aromatic heterocycles. The number of rotatable bonds is 8. The Labute approximate surface area is 116 Å². The molecule has 0 aliphatic carbocycles. The molecule has 0 radical (unpaired) electrons. The van der Waals surface area contributed by atoms with Gasteiger partial charge in [-0.15, -0.1) is 0 Å². The molecular weight excluding hydrogens is 240 g/mol. The summed E-state index contributed by atoms with van der Waals surface area (Å²) in [6.07, 6.45) is 2.81. The third-order valence-electron chi connectivity index (χ3n) is 3.07. The van der Waals surface area contributed by atoms with Crippen LogP contribution in [0.15, 0.2) is 6.33 Å². The van der Waals surface area contributed by atoms with Crippen molar-refractivity contribution in [1.29, 1.82) is 0 Å². The standard InChI is InChI=1S/C14H28N4O/c1-11(2)9-15-7-6-14(5,19)8-13-16-10-17-18(13)12(3)4/h10-12,15,19H,6-9H2,1-5H3. The van der Waals surface area contributed by atoms with Crippen LogP contribution in [0.1, 0.15) is 52.9 Å². The van der Waals surface area contributed by atoms with Crippen molar-refractivity contribution in [2.45, 2.75) is 59.1 Å². The van der Waals surface area contributed by atoms with Gasteiger partial charge < -0.3 is 10.4 Å². The smallest absolute Gasteiger partial charge is 0.138 e. The van der Waals surface area contributed by atoms with Crippen LogP contribution in [0, 0.1) is 5.92 Å². The lowest BCUT2D eigenvalue weighted by Crippen LogP contribution is -2.34. The highest BCUT2D eigenvalue weighted by atomic mass is 16.3. The third-order valence-corrected chi connectivity index (χ3v) is 3.07. The molecule has 1 aromatic rings. The van der Waals surface area contributed by atoms with E-state index >= 15 is 0 Å². The largest absolute Gasteiger partial charge is 0.390 e. The SMILES string of the molecule is CC(C)CNCCC(C)(O)Cc1ncnn1C(C)C. The summed E-state index contributed by atoms with van der Waals surface area (Å²) in [6.45, 7) is 12.2. The van der Waals surface area contributed by atoms with Crippen molar-refractivity contribution >= 4 is 0 Å². The maximum atomic E-state index is 10.4. The van der Waals surface area contributed by atoms with Gasteiger partial charge in [0.05, 0.1) is 5.60 Å². The Hall–Kier alpha value is -0.940. The highest BCUT2D eigenvalue weighted by Gasteiger charge is 2.24. The van der Waals surface area contributed by atoms with E-state index in [2.05, 4.69) is 43.1 Å². The van der Waals surface area contributed by atoms with Crippen LogP contribution in [-0.4, -0.2) is 38.6 Å². The van der Waals surface area contributed by atoms with Crippen LogP contribution in [0.5, 0.6) is 0 Å². The van der Waals surface area contributed by atoms with Crippen LogP contribution in [0.3, 0.4) is 0 Å². The summed E-state index contributed by atoms with van der Waals surface area (Å²) >= 11 is 0. The van der Waals surface area contributed by atoms with E-state index in [4.69, 9.17) is 0 Å². The predicted molar refractivity (Wildman–Crippen MR) is 77.1 cm³/mol. The lowest BCUT2D eigenvalue weighted by Gasteiger charge is -2.24. The minimum absolute atomic E-state index is 0.271. The van der Waals surface area contributed by atoms with Gasteiger partial charge in [0.25, 0.3) is 0 Å². The molecular formula is C14H28N4O. The number of hydrogen-bond acceptors (Lipinski definition) is 4. The zero-order valence-corrected chi connectivity index (χ0v) is 12.8. The van der Waals surface area contributed by atoms with Gasteiger partial charge in [-0.25, -0.2) is 9.67 Å². The molecule has 0 saturated carbocycles. The summed E-state index contributed by atoms with van der Waals surface area (Å²) in [5.41, 5.74) is -0.746. The average molecular weight is 268 g/mol. The molecule has 0 fully saturated rings. The molecule has 0 aliphatic heterocycles. The maximum Gasteiger partial charge on any atom is 0.138 e. The number of aromatic nitrogens is 3. The molecule has 5 heteroatoms. The van der Waals surface area contributed by atoms with E-state index in [1.807, 2.05) is 11.6 Å². The van der Waals surface area contributed by atoms with Gasteiger partial charge in [-0.1, -0.05) is 13.8 Å². The van der Waals surface area contributed by atoms with Crippen molar-refractivity contribution in [3.8, 4) is 0 Å². The molecule has 1 rings (SSSR count). The summed E-state index contributed by atoms with van der Waals surface area (Å²) in [7, 11) is 0. The summed E-state index contributed by atoms with van der Waals surface area (Å²) in [5, 5.41) is 18.0. The molecule has 1 heterocycles. The van der Waals surface area contributed by atoms with E-state index < -0.39 is 5.60 Å². The van der Waals surface area contributed by atoms with Crippen molar-refractivity contribution < 1.29 is 5.11 Å². The molecule has 110 valence electrons. The molecule has 0 saturated heterocycles. The number of nitrogens with one attached hydrogen (secondary N) is 1. The van der Waals surface area contributed by atoms with E-state index in [1.54, 1.807) is 6.33 Å². The summed E-state index contributed by atoms with van der Waals surface area (Å²) in [6, 6.07) is 0.271. The van der Waals surface area contributed by atoms with Crippen LogP contribution >= 0.6 is 0 Å². The van der Waals surface area contributed by atoms with Gasteiger partial charge in [-0.05, 0) is 46.2 Å². The van der Waals surface area contributed by atoms with Crippen LogP contribution in [-0.2, 0) is 6.42 Å². The number of nitrogens with zero attached hydrogens (tertiary/aromatic N) is 3. The van der Waals surface area contributed by atoms with Gasteiger partial charge in [0.15, 0.2) is 0 Å². The number of aliphatic hydroxyl groups is 1. The Morgan fingerprint density at radius 1 is 1.37 bits per heavy atom. The second-order valence-electron chi connectivity index (χ2n) is 6.24. The molecule has 0 amide bonds. The quantitative estimate of drug-likeness (QED) is 0.706. The predicted octanol–water partition coefficient (Wildman–Crippen LogP) is 1.79. The van der Waals surface area contributed by atoms with Crippen LogP contribution in [0.2, 0.25) is 0 Å². The topological polar surface area (TPSA) is 63.0 Å². The van der Waals surface area contributed by atoms with E-state index in [1.165, 1.54) is 0 Å². The van der Waals surface area contributed by atoms with E-state index in [-0.39, 0.29) is 6.04 Å². The first-order valence-electron chi connectivity index (χ1n) is 7.13. The molecule has 0 aromatic carbocycles. The van der Waals surface area contributed by atoms with Crippen molar-refractivity contribution in [2.24, 2.45) is 5.92 Å². The van der Waals surface area contributed by atoms with Gasteiger partial charge in [-0.3, -0.25) is 0 Å². The molecule has 1 atom stereocenters. The normalized spacial score (nSPS) is 15.2. The van der Waals surface area contributed by atoms with Crippen molar-refractivity contribution in [3.05, 3.63) is 12.2 Å². The van der Waals surface area contributed by atoms with Gasteiger partial charge in [0.1, 0.15) is 12.2 Å². The summed E-state index contributed by atoms with van der Waals surface area (Å²) in [4.78, 5) is 4.25. The fourth-order valence-corrected chi connectivity index (χ4v) is 2.01. The summed E-state index contributed by atoms with van der Waals surface area (Å²) < 4.78 is 1.87. The Bertz CT molecular complexity index is 371. The van der Waals surface area contributed by atoms with Gasteiger partial charge >= 0.3 is 0 Å². The zero-order valence-electron chi connectivity index (χ0n) is 12.8. The van der Waals surface area contributed by atoms with Crippen molar-refractivity contribution in [3.63, 3.8) is 0 Å². The average Bonchev–Trinajstić information content (AvgIpc) is 2.71. The third kappa shape index (κ3) is 5.70. The van der Waals surface area contributed by atoms with Gasteiger partial charge in [0, 0.05) is 12.5 Å². The maximum absolute atomic E-state index is 10.4. The fourth-order valence-electron chi connectivity index (χ4n) is 2.01. The van der Waals surface area contributed by atoms with Crippen LogP contribution < -0.4 is 5.32 Å². The van der Waals surface area contributed by atoms with Crippen LogP contribution in [0.25, 0.3) is 0 Å². The molecule has 0 aliphatic rings. The van der Waals surface area contributed by atoms with Crippen molar-refractivity contribution in [2.75, 3.05) is 13.1 Å².